The number of benzene rings is 9. The van der Waals surface area contributed by atoms with Crippen LogP contribution in [0.1, 0.15) is 25.0 Å². The lowest BCUT2D eigenvalue weighted by atomic mass is 9.82. The molecule has 1 aliphatic rings. The molecule has 0 amide bonds. The third-order valence-electron chi connectivity index (χ3n) is 11.7. The number of para-hydroxylation sites is 1. The molecule has 0 fully saturated rings. The van der Waals surface area contributed by atoms with Crippen LogP contribution in [0.25, 0.3) is 66.4 Å². The van der Waals surface area contributed by atoms with Crippen LogP contribution in [0.4, 0.5) is 17.1 Å². The van der Waals surface area contributed by atoms with Crippen molar-refractivity contribution in [2.75, 3.05) is 4.90 Å². The van der Waals surface area contributed by atoms with Crippen molar-refractivity contribution in [3.05, 3.63) is 223 Å². The number of anilines is 3. The van der Waals surface area contributed by atoms with Crippen molar-refractivity contribution in [1.82, 2.24) is 0 Å². The molecule has 56 heavy (non-hydrogen) atoms. The molecular formula is C55H41N. The summed E-state index contributed by atoms with van der Waals surface area (Å²) in [7, 11) is 0. The van der Waals surface area contributed by atoms with Gasteiger partial charge < -0.3 is 4.90 Å². The first-order valence-corrected chi connectivity index (χ1v) is 19.5. The highest BCUT2D eigenvalue weighted by Crippen LogP contribution is 2.52. The Morgan fingerprint density at radius 2 is 0.821 bits per heavy atom. The van der Waals surface area contributed by atoms with Gasteiger partial charge in [-0.1, -0.05) is 190 Å². The van der Waals surface area contributed by atoms with Crippen LogP contribution in [0.2, 0.25) is 0 Å². The zero-order valence-electron chi connectivity index (χ0n) is 31.7. The fraction of sp³-hybridized carbons (Fsp3) is 0.0545. The summed E-state index contributed by atoms with van der Waals surface area (Å²) in [5, 5.41) is 2.50. The molecule has 0 bridgehead atoms. The van der Waals surface area contributed by atoms with Crippen LogP contribution < -0.4 is 4.90 Å². The molecule has 9 aromatic carbocycles. The molecule has 10 rings (SSSR count). The molecule has 9 aromatic rings. The van der Waals surface area contributed by atoms with E-state index in [9.17, 15) is 0 Å². The van der Waals surface area contributed by atoms with Gasteiger partial charge in [-0.05, 0) is 108 Å². The van der Waals surface area contributed by atoms with E-state index in [2.05, 4.69) is 231 Å². The molecule has 0 heterocycles. The zero-order valence-corrected chi connectivity index (χ0v) is 31.7. The Balaban J connectivity index is 1.15. The minimum absolute atomic E-state index is 0.124. The average Bonchev–Trinajstić information content (AvgIpc) is 3.49. The van der Waals surface area contributed by atoms with Gasteiger partial charge in [0.1, 0.15) is 0 Å². The highest BCUT2D eigenvalue weighted by molar-refractivity contribution is 5.98. The monoisotopic (exact) mass is 715 g/mol. The van der Waals surface area contributed by atoms with Gasteiger partial charge in [-0.25, -0.2) is 0 Å². The minimum Gasteiger partial charge on any atom is -0.310 e. The van der Waals surface area contributed by atoms with Crippen molar-refractivity contribution in [2.45, 2.75) is 19.3 Å². The average molecular weight is 716 g/mol. The maximum atomic E-state index is 2.46. The first kappa shape index (κ1) is 33.6. The van der Waals surface area contributed by atoms with Crippen molar-refractivity contribution in [3.8, 4) is 55.6 Å². The fourth-order valence-corrected chi connectivity index (χ4v) is 8.87. The van der Waals surface area contributed by atoms with Crippen LogP contribution in [0, 0.1) is 0 Å². The van der Waals surface area contributed by atoms with Crippen molar-refractivity contribution in [3.63, 3.8) is 0 Å². The van der Waals surface area contributed by atoms with Gasteiger partial charge in [-0.2, -0.15) is 0 Å². The van der Waals surface area contributed by atoms with E-state index in [0.717, 1.165) is 17.1 Å². The van der Waals surface area contributed by atoms with Gasteiger partial charge in [0.05, 0.1) is 5.69 Å². The van der Waals surface area contributed by atoms with Gasteiger partial charge in [0, 0.05) is 22.4 Å². The predicted molar refractivity (Wildman–Crippen MR) is 238 cm³/mol. The molecular weight excluding hydrogens is 675 g/mol. The number of hydrogen-bond acceptors (Lipinski definition) is 1. The Kier molecular flexibility index (Phi) is 8.23. The summed E-state index contributed by atoms with van der Waals surface area (Å²) in [6.45, 7) is 4.72. The summed E-state index contributed by atoms with van der Waals surface area (Å²) in [6, 6.07) is 77.7. The number of fused-ring (bicyclic) bond motifs is 4. The smallest absolute Gasteiger partial charge is 0.0540 e. The van der Waals surface area contributed by atoms with E-state index in [4.69, 9.17) is 0 Å². The molecule has 0 atom stereocenters. The number of hydrogen-bond donors (Lipinski definition) is 0. The van der Waals surface area contributed by atoms with E-state index in [1.807, 2.05) is 0 Å². The fourth-order valence-electron chi connectivity index (χ4n) is 8.87. The molecule has 1 nitrogen and oxygen atoms in total. The summed E-state index contributed by atoms with van der Waals surface area (Å²) in [4.78, 5) is 2.46. The highest BCUT2D eigenvalue weighted by Gasteiger charge is 2.36. The summed E-state index contributed by atoms with van der Waals surface area (Å²) in [6.07, 6.45) is 0. The van der Waals surface area contributed by atoms with Crippen molar-refractivity contribution >= 4 is 27.8 Å². The lowest BCUT2D eigenvalue weighted by Crippen LogP contribution is -2.17. The van der Waals surface area contributed by atoms with Gasteiger partial charge in [0.15, 0.2) is 0 Å². The molecule has 1 aliphatic carbocycles. The molecule has 0 aromatic heterocycles. The maximum Gasteiger partial charge on any atom is 0.0540 e. The second-order valence-corrected chi connectivity index (χ2v) is 15.3. The summed E-state index contributed by atoms with van der Waals surface area (Å²) in [5.41, 5.74) is 18.3. The summed E-state index contributed by atoms with van der Waals surface area (Å²) >= 11 is 0. The first-order chi connectivity index (χ1) is 27.5. The van der Waals surface area contributed by atoms with E-state index in [0.29, 0.717) is 0 Å². The highest BCUT2D eigenvalue weighted by atomic mass is 15.1. The molecule has 0 radical (unpaired) electrons. The number of rotatable bonds is 7. The molecule has 0 spiro atoms. The Bertz CT molecular complexity index is 2880. The quantitative estimate of drug-likeness (QED) is 0.159. The lowest BCUT2D eigenvalue weighted by Gasteiger charge is -2.30. The van der Waals surface area contributed by atoms with Gasteiger partial charge in [0.25, 0.3) is 0 Å². The van der Waals surface area contributed by atoms with Crippen LogP contribution in [-0.2, 0) is 5.41 Å². The molecule has 0 N–H and O–H groups in total. The van der Waals surface area contributed by atoms with Crippen LogP contribution in [0.15, 0.2) is 212 Å². The second-order valence-electron chi connectivity index (χ2n) is 15.3. The molecule has 266 valence electrons. The third-order valence-corrected chi connectivity index (χ3v) is 11.7. The van der Waals surface area contributed by atoms with Crippen LogP contribution in [0.5, 0.6) is 0 Å². The predicted octanol–water partition coefficient (Wildman–Crippen LogP) is 15.3. The van der Waals surface area contributed by atoms with Gasteiger partial charge in [-0.15, -0.1) is 0 Å². The van der Waals surface area contributed by atoms with E-state index in [1.54, 1.807) is 0 Å². The van der Waals surface area contributed by atoms with Crippen LogP contribution >= 0.6 is 0 Å². The number of nitrogens with zero attached hydrogens (tertiary/aromatic N) is 1. The summed E-state index contributed by atoms with van der Waals surface area (Å²) < 4.78 is 0. The van der Waals surface area contributed by atoms with E-state index >= 15 is 0 Å². The van der Waals surface area contributed by atoms with Crippen LogP contribution in [-0.4, -0.2) is 0 Å². The molecule has 0 aliphatic heterocycles. The molecule has 0 saturated carbocycles. The lowest BCUT2D eigenvalue weighted by molar-refractivity contribution is 0.660. The summed E-state index contributed by atoms with van der Waals surface area (Å²) in [5.74, 6) is 0. The van der Waals surface area contributed by atoms with Crippen molar-refractivity contribution < 1.29 is 0 Å². The normalized spacial score (nSPS) is 12.6. The van der Waals surface area contributed by atoms with Crippen molar-refractivity contribution in [1.29, 1.82) is 0 Å². The minimum atomic E-state index is -0.124. The topological polar surface area (TPSA) is 3.24 Å². The Labute approximate surface area is 329 Å². The van der Waals surface area contributed by atoms with Gasteiger partial charge >= 0.3 is 0 Å². The Morgan fingerprint density at radius 1 is 0.304 bits per heavy atom. The van der Waals surface area contributed by atoms with E-state index < -0.39 is 0 Å². The Hall–Kier alpha value is -6.96. The molecule has 0 saturated heterocycles. The van der Waals surface area contributed by atoms with Crippen LogP contribution in [0.3, 0.4) is 0 Å². The largest absolute Gasteiger partial charge is 0.310 e. The standard InChI is InChI=1S/C55H41N/c1-55(2)52-26-14-12-24-49(52)50-35-34-44(37-53(50)55)56(43-32-30-39(31-33-43)42-29-28-38-16-6-7-19-41(38)36-42)54-27-15-13-25-51(54)48-23-11-10-22-47(48)46-21-9-8-20-45(46)40-17-4-3-5-18-40/h3-37H,1-2H3. The third kappa shape index (κ3) is 5.72. The van der Waals surface area contributed by atoms with Gasteiger partial charge in [0.2, 0.25) is 0 Å². The van der Waals surface area contributed by atoms with Crippen molar-refractivity contribution in [2.24, 2.45) is 0 Å². The zero-order chi connectivity index (χ0) is 37.6. The molecule has 0 unspecified atom stereocenters. The van der Waals surface area contributed by atoms with E-state index in [-0.39, 0.29) is 5.41 Å². The second kappa shape index (κ2) is 13.7. The van der Waals surface area contributed by atoms with E-state index in [1.165, 1.54) is 77.5 Å². The SMILES string of the molecule is CC1(C)c2ccccc2-c2ccc(N(c3ccc(-c4ccc5ccccc5c4)cc3)c3ccccc3-c3ccccc3-c3ccccc3-c3ccccc3)cc21. The first-order valence-electron chi connectivity index (χ1n) is 19.5. The maximum absolute atomic E-state index is 2.46. The van der Waals surface area contributed by atoms with Gasteiger partial charge in [-0.3, -0.25) is 0 Å². The Morgan fingerprint density at radius 3 is 1.57 bits per heavy atom. The molecule has 1 heteroatoms.